The van der Waals surface area contributed by atoms with Gasteiger partial charge >= 0.3 is 0 Å². The number of aryl methyl sites for hydroxylation is 1. The van der Waals surface area contributed by atoms with Crippen molar-refractivity contribution in [3.63, 3.8) is 0 Å². The van der Waals surface area contributed by atoms with Gasteiger partial charge in [-0.15, -0.1) is 0 Å². The van der Waals surface area contributed by atoms with Gasteiger partial charge in [-0.3, -0.25) is 4.68 Å². The Morgan fingerprint density at radius 3 is 2.56 bits per heavy atom. The third-order valence-corrected chi connectivity index (χ3v) is 4.52. The fourth-order valence-corrected chi connectivity index (χ4v) is 3.32. The van der Waals surface area contributed by atoms with Crippen LogP contribution < -0.4 is 0 Å². The van der Waals surface area contributed by atoms with Crippen LogP contribution in [-0.2, 0) is 7.05 Å². The molecule has 0 saturated heterocycles. The number of rotatable bonds is 5. The predicted octanol–water partition coefficient (Wildman–Crippen LogP) is 4.54. The highest BCUT2D eigenvalue weighted by Crippen LogP contribution is 2.35. The van der Waals surface area contributed by atoms with Crippen molar-refractivity contribution in [1.29, 1.82) is 0 Å². The molecule has 1 atom stereocenters. The zero-order valence-corrected chi connectivity index (χ0v) is 14.3. The van der Waals surface area contributed by atoms with E-state index in [2.05, 4.69) is 34.8 Å². The summed E-state index contributed by atoms with van der Waals surface area (Å²) < 4.78 is 9.85. The van der Waals surface area contributed by atoms with Crippen molar-refractivity contribution in [1.82, 2.24) is 19.3 Å². The molecule has 4 rings (SSSR count). The van der Waals surface area contributed by atoms with Gasteiger partial charge in [-0.2, -0.15) is 5.10 Å². The van der Waals surface area contributed by atoms with E-state index >= 15 is 0 Å². The fraction of sp³-hybridized carbons (Fsp3) is 0.200. The Labute approximate surface area is 146 Å². The summed E-state index contributed by atoms with van der Waals surface area (Å²) in [5, 5.41) is 4.33. The van der Waals surface area contributed by atoms with Gasteiger partial charge in [0.15, 0.2) is 5.76 Å². The molecule has 0 unspecified atom stereocenters. The first-order valence-electron chi connectivity index (χ1n) is 8.43. The van der Waals surface area contributed by atoms with Crippen molar-refractivity contribution in [2.75, 3.05) is 0 Å². The summed E-state index contributed by atoms with van der Waals surface area (Å²) in [5.41, 5.74) is 4.14. The van der Waals surface area contributed by atoms with Gasteiger partial charge in [-0.05, 0) is 24.6 Å². The highest BCUT2D eigenvalue weighted by Gasteiger charge is 2.24. The molecule has 5 heteroatoms. The maximum atomic E-state index is 5.74. The SMILES string of the molecule is CC[C@H](c1ccnn1C)n1cnc(-c2ccccc2)c1-c1ccco1. The van der Waals surface area contributed by atoms with Crippen LogP contribution in [0, 0.1) is 0 Å². The van der Waals surface area contributed by atoms with Crippen LogP contribution in [0.1, 0.15) is 25.1 Å². The Morgan fingerprint density at radius 1 is 1.08 bits per heavy atom. The number of aromatic nitrogens is 4. The third kappa shape index (κ3) is 2.67. The molecule has 0 amide bonds. The van der Waals surface area contributed by atoms with E-state index in [1.165, 1.54) is 0 Å². The molecule has 0 N–H and O–H groups in total. The van der Waals surface area contributed by atoms with Crippen molar-refractivity contribution in [3.05, 3.63) is 73.0 Å². The lowest BCUT2D eigenvalue weighted by Gasteiger charge is -2.19. The van der Waals surface area contributed by atoms with Crippen LogP contribution in [0.5, 0.6) is 0 Å². The summed E-state index contributed by atoms with van der Waals surface area (Å²) in [5.74, 6) is 0.817. The van der Waals surface area contributed by atoms with Gasteiger partial charge < -0.3 is 8.98 Å². The van der Waals surface area contributed by atoms with Crippen LogP contribution in [0.3, 0.4) is 0 Å². The molecule has 0 radical (unpaired) electrons. The topological polar surface area (TPSA) is 48.8 Å². The van der Waals surface area contributed by atoms with Crippen molar-refractivity contribution >= 4 is 0 Å². The quantitative estimate of drug-likeness (QED) is 0.539. The van der Waals surface area contributed by atoms with Crippen LogP contribution in [-0.4, -0.2) is 19.3 Å². The zero-order valence-electron chi connectivity index (χ0n) is 14.3. The molecule has 126 valence electrons. The first-order valence-corrected chi connectivity index (χ1v) is 8.43. The second-order valence-electron chi connectivity index (χ2n) is 6.00. The fourth-order valence-electron chi connectivity index (χ4n) is 3.32. The van der Waals surface area contributed by atoms with Gasteiger partial charge in [0.25, 0.3) is 0 Å². The van der Waals surface area contributed by atoms with Crippen LogP contribution >= 0.6 is 0 Å². The van der Waals surface area contributed by atoms with Gasteiger partial charge in [0.05, 0.1) is 30.0 Å². The third-order valence-electron chi connectivity index (χ3n) is 4.52. The second-order valence-corrected chi connectivity index (χ2v) is 6.00. The molecule has 0 aliphatic heterocycles. The lowest BCUT2D eigenvalue weighted by Crippen LogP contribution is -2.14. The molecular weight excluding hydrogens is 312 g/mol. The van der Waals surface area contributed by atoms with E-state index in [-0.39, 0.29) is 6.04 Å². The Hall–Kier alpha value is -3.08. The minimum atomic E-state index is 0.137. The van der Waals surface area contributed by atoms with Gasteiger partial charge in [-0.25, -0.2) is 4.98 Å². The average Bonchev–Trinajstić information content (AvgIpc) is 3.38. The highest BCUT2D eigenvalue weighted by atomic mass is 16.3. The van der Waals surface area contributed by atoms with Crippen LogP contribution in [0.25, 0.3) is 22.7 Å². The summed E-state index contributed by atoms with van der Waals surface area (Å²) >= 11 is 0. The molecule has 25 heavy (non-hydrogen) atoms. The van der Waals surface area contributed by atoms with E-state index in [0.717, 1.165) is 34.8 Å². The van der Waals surface area contributed by atoms with Crippen molar-refractivity contribution in [2.24, 2.45) is 7.05 Å². The average molecular weight is 332 g/mol. The van der Waals surface area contributed by atoms with Crippen molar-refractivity contribution < 1.29 is 4.42 Å². The number of hydrogen-bond acceptors (Lipinski definition) is 3. The standard InChI is InChI=1S/C20H20N4O/c1-3-16(17-11-12-22-23(17)2)24-14-21-19(15-8-5-4-6-9-15)20(24)18-10-7-13-25-18/h4-14,16H,3H2,1-2H3/t16-/m1/s1. The van der Waals surface area contributed by atoms with Gasteiger partial charge in [0, 0.05) is 18.8 Å². The smallest absolute Gasteiger partial charge is 0.152 e. The molecule has 0 aliphatic rings. The number of nitrogens with zero attached hydrogens (tertiary/aromatic N) is 4. The highest BCUT2D eigenvalue weighted by molar-refractivity contribution is 5.76. The molecule has 0 fully saturated rings. The largest absolute Gasteiger partial charge is 0.463 e. The molecular formula is C20H20N4O. The maximum Gasteiger partial charge on any atom is 0.152 e. The van der Waals surface area contributed by atoms with Crippen molar-refractivity contribution in [3.8, 4) is 22.7 Å². The zero-order chi connectivity index (χ0) is 17.2. The first-order chi connectivity index (χ1) is 12.3. The van der Waals surface area contributed by atoms with Crippen molar-refractivity contribution in [2.45, 2.75) is 19.4 Å². The number of imidazole rings is 1. The summed E-state index contributed by atoms with van der Waals surface area (Å²) in [6.07, 6.45) is 6.37. The molecule has 1 aromatic carbocycles. The van der Waals surface area contributed by atoms with Gasteiger partial charge in [-0.1, -0.05) is 37.3 Å². The molecule has 0 bridgehead atoms. The minimum absolute atomic E-state index is 0.137. The van der Waals surface area contributed by atoms with E-state index in [9.17, 15) is 0 Å². The summed E-state index contributed by atoms with van der Waals surface area (Å²) in [4.78, 5) is 4.72. The maximum absolute atomic E-state index is 5.74. The molecule has 4 aromatic rings. The van der Waals surface area contributed by atoms with Crippen LogP contribution in [0.15, 0.2) is 71.7 Å². The monoisotopic (exact) mass is 332 g/mol. The Bertz CT molecular complexity index is 951. The first kappa shape index (κ1) is 15.4. The molecule has 0 spiro atoms. The van der Waals surface area contributed by atoms with E-state index in [1.54, 1.807) is 6.26 Å². The summed E-state index contributed by atoms with van der Waals surface area (Å²) in [6, 6.07) is 16.3. The lowest BCUT2D eigenvalue weighted by atomic mass is 10.1. The van der Waals surface area contributed by atoms with E-state index < -0.39 is 0 Å². The predicted molar refractivity (Wildman–Crippen MR) is 97.0 cm³/mol. The summed E-state index contributed by atoms with van der Waals surface area (Å²) in [7, 11) is 1.97. The molecule has 3 aromatic heterocycles. The van der Waals surface area contributed by atoms with Crippen LogP contribution in [0.2, 0.25) is 0 Å². The molecule has 0 aliphatic carbocycles. The molecule has 0 saturated carbocycles. The van der Waals surface area contributed by atoms with Crippen LogP contribution in [0.4, 0.5) is 0 Å². The summed E-state index contributed by atoms with van der Waals surface area (Å²) in [6.45, 7) is 2.17. The normalized spacial score (nSPS) is 12.4. The van der Waals surface area contributed by atoms with Gasteiger partial charge in [0.2, 0.25) is 0 Å². The van der Waals surface area contributed by atoms with E-state index in [4.69, 9.17) is 9.40 Å². The second kappa shape index (κ2) is 6.43. The number of benzene rings is 1. The van der Waals surface area contributed by atoms with E-state index in [0.29, 0.717) is 0 Å². The Morgan fingerprint density at radius 2 is 1.92 bits per heavy atom. The molecule has 5 nitrogen and oxygen atoms in total. The van der Waals surface area contributed by atoms with Gasteiger partial charge in [0.1, 0.15) is 5.69 Å². The Balaban J connectivity index is 1.92. The number of furan rings is 1. The molecule has 3 heterocycles. The van der Waals surface area contributed by atoms with E-state index in [1.807, 2.05) is 54.6 Å². The lowest BCUT2D eigenvalue weighted by molar-refractivity contribution is 0.510. The Kier molecular flexibility index (Phi) is 3.98. The minimum Gasteiger partial charge on any atom is -0.463 e. The number of hydrogen-bond donors (Lipinski definition) is 0.